The molecule has 2 aromatic rings. The first-order valence-electron chi connectivity index (χ1n) is 5.45. The Bertz CT molecular complexity index is 539. The van der Waals surface area contributed by atoms with Crippen molar-refractivity contribution in [1.82, 2.24) is 0 Å². The maximum absolute atomic E-state index is 13.6. The Kier molecular flexibility index (Phi) is 4.38. The number of benzene rings is 2. The summed E-state index contributed by atoms with van der Waals surface area (Å²) in [6.07, 6.45) is -0.649. The fourth-order valence-corrected chi connectivity index (χ4v) is 2.57. The van der Waals surface area contributed by atoms with Gasteiger partial charge in [0.1, 0.15) is 5.82 Å². The minimum atomic E-state index is -0.796. The largest absolute Gasteiger partial charge is 0.388 e. The van der Waals surface area contributed by atoms with E-state index in [1.54, 1.807) is 18.2 Å². The van der Waals surface area contributed by atoms with Crippen LogP contribution in [0.4, 0.5) is 4.39 Å². The Balaban J connectivity index is 2.27. The SMILES string of the molecule is OC(Cc1c(F)cccc1Cl)c1ccccc1Br. The second kappa shape index (κ2) is 5.83. The average Bonchev–Trinajstić information content (AvgIpc) is 2.34. The zero-order valence-electron chi connectivity index (χ0n) is 9.41. The molecule has 1 unspecified atom stereocenters. The van der Waals surface area contributed by atoms with Crippen molar-refractivity contribution >= 4 is 27.5 Å². The highest BCUT2D eigenvalue weighted by Crippen LogP contribution is 2.29. The van der Waals surface area contributed by atoms with Crippen LogP contribution in [0.5, 0.6) is 0 Å². The third-order valence-electron chi connectivity index (χ3n) is 2.72. The second-order valence-electron chi connectivity index (χ2n) is 3.94. The molecule has 1 N–H and O–H groups in total. The first-order valence-corrected chi connectivity index (χ1v) is 6.62. The van der Waals surface area contributed by atoms with Crippen LogP contribution in [0.25, 0.3) is 0 Å². The van der Waals surface area contributed by atoms with E-state index in [1.165, 1.54) is 6.07 Å². The van der Waals surface area contributed by atoms with E-state index in [9.17, 15) is 9.50 Å². The van der Waals surface area contributed by atoms with E-state index in [4.69, 9.17) is 11.6 Å². The quantitative estimate of drug-likeness (QED) is 0.878. The minimum Gasteiger partial charge on any atom is -0.388 e. The van der Waals surface area contributed by atoms with Gasteiger partial charge in [0.15, 0.2) is 0 Å². The molecule has 4 heteroatoms. The highest BCUT2D eigenvalue weighted by molar-refractivity contribution is 9.10. The third-order valence-corrected chi connectivity index (χ3v) is 3.80. The molecule has 0 radical (unpaired) electrons. The molecule has 0 amide bonds. The molecule has 2 aromatic carbocycles. The maximum atomic E-state index is 13.6. The lowest BCUT2D eigenvalue weighted by Gasteiger charge is -2.14. The van der Waals surface area contributed by atoms with Gasteiger partial charge in [0.05, 0.1) is 6.10 Å². The summed E-state index contributed by atoms with van der Waals surface area (Å²) in [6.45, 7) is 0. The predicted molar refractivity (Wildman–Crippen MR) is 74.2 cm³/mol. The van der Waals surface area contributed by atoms with Crippen LogP contribution in [-0.2, 0) is 6.42 Å². The molecule has 18 heavy (non-hydrogen) atoms. The number of rotatable bonds is 3. The van der Waals surface area contributed by atoms with Gasteiger partial charge in [0, 0.05) is 21.5 Å². The number of halogens is 3. The van der Waals surface area contributed by atoms with Gasteiger partial charge in [-0.1, -0.05) is 51.8 Å². The first-order chi connectivity index (χ1) is 8.59. The Labute approximate surface area is 118 Å². The van der Waals surface area contributed by atoms with Gasteiger partial charge in [0.2, 0.25) is 0 Å². The molecule has 0 fully saturated rings. The molecule has 0 bridgehead atoms. The van der Waals surface area contributed by atoms with Crippen LogP contribution in [0.3, 0.4) is 0 Å². The van der Waals surface area contributed by atoms with Gasteiger partial charge >= 0.3 is 0 Å². The zero-order chi connectivity index (χ0) is 13.1. The normalized spacial score (nSPS) is 12.4. The molecular formula is C14H11BrClFO. The summed E-state index contributed by atoms with van der Waals surface area (Å²) in [5, 5.41) is 10.5. The Morgan fingerprint density at radius 2 is 1.89 bits per heavy atom. The van der Waals surface area contributed by atoms with E-state index in [2.05, 4.69) is 15.9 Å². The first kappa shape index (κ1) is 13.5. The summed E-state index contributed by atoms with van der Waals surface area (Å²) >= 11 is 9.30. The van der Waals surface area contributed by atoms with Crippen LogP contribution in [0.15, 0.2) is 46.9 Å². The average molecular weight is 330 g/mol. The molecule has 0 aliphatic rings. The second-order valence-corrected chi connectivity index (χ2v) is 5.20. The lowest BCUT2D eigenvalue weighted by atomic mass is 10.0. The van der Waals surface area contributed by atoms with Gasteiger partial charge in [-0.25, -0.2) is 4.39 Å². The van der Waals surface area contributed by atoms with Crippen LogP contribution >= 0.6 is 27.5 Å². The topological polar surface area (TPSA) is 20.2 Å². The molecule has 1 atom stereocenters. The number of hydrogen-bond donors (Lipinski definition) is 1. The summed E-state index contributed by atoms with van der Waals surface area (Å²) in [6, 6.07) is 11.8. The van der Waals surface area contributed by atoms with E-state index in [0.717, 1.165) is 10.0 Å². The standard InChI is InChI=1S/C14H11BrClFO/c15-11-5-2-1-4-9(11)14(18)8-10-12(16)6-3-7-13(10)17/h1-7,14,18H,8H2. The van der Waals surface area contributed by atoms with Crippen molar-refractivity contribution in [3.05, 3.63) is 68.9 Å². The van der Waals surface area contributed by atoms with Gasteiger partial charge in [0.25, 0.3) is 0 Å². The van der Waals surface area contributed by atoms with Gasteiger partial charge in [-0.2, -0.15) is 0 Å². The number of aliphatic hydroxyl groups excluding tert-OH is 1. The zero-order valence-corrected chi connectivity index (χ0v) is 11.7. The third kappa shape index (κ3) is 2.91. The highest BCUT2D eigenvalue weighted by atomic mass is 79.9. The Morgan fingerprint density at radius 3 is 2.56 bits per heavy atom. The maximum Gasteiger partial charge on any atom is 0.127 e. The predicted octanol–water partition coefficient (Wildman–Crippen LogP) is 4.52. The van der Waals surface area contributed by atoms with Gasteiger partial charge < -0.3 is 5.11 Å². The van der Waals surface area contributed by atoms with E-state index in [0.29, 0.717) is 10.6 Å². The molecule has 0 saturated carbocycles. The smallest absolute Gasteiger partial charge is 0.127 e. The van der Waals surface area contributed by atoms with Gasteiger partial charge in [-0.05, 0) is 23.8 Å². The van der Waals surface area contributed by atoms with Crippen LogP contribution in [0.2, 0.25) is 5.02 Å². The molecule has 0 aromatic heterocycles. The van der Waals surface area contributed by atoms with Crippen LogP contribution in [-0.4, -0.2) is 5.11 Å². The van der Waals surface area contributed by atoms with Crippen molar-refractivity contribution in [2.45, 2.75) is 12.5 Å². The molecule has 1 nitrogen and oxygen atoms in total. The van der Waals surface area contributed by atoms with E-state index in [1.807, 2.05) is 18.2 Å². The molecule has 0 spiro atoms. The van der Waals surface area contributed by atoms with Crippen molar-refractivity contribution in [2.24, 2.45) is 0 Å². The van der Waals surface area contributed by atoms with Crippen molar-refractivity contribution in [3.63, 3.8) is 0 Å². The van der Waals surface area contributed by atoms with Gasteiger partial charge in [-0.15, -0.1) is 0 Å². The molecule has 0 heterocycles. The lowest BCUT2D eigenvalue weighted by Crippen LogP contribution is -2.05. The fraction of sp³-hybridized carbons (Fsp3) is 0.143. The molecular weight excluding hydrogens is 319 g/mol. The molecule has 0 aliphatic heterocycles. The van der Waals surface area contributed by atoms with Crippen molar-refractivity contribution in [2.75, 3.05) is 0 Å². The lowest BCUT2D eigenvalue weighted by molar-refractivity contribution is 0.176. The molecule has 0 saturated heterocycles. The summed E-state index contributed by atoms with van der Waals surface area (Å²) in [5.41, 5.74) is 1.05. The monoisotopic (exact) mass is 328 g/mol. The van der Waals surface area contributed by atoms with E-state index in [-0.39, 0.29) is 6.42 Å². The molecule has 2 rings (SSSR count). The van der Waals surface area contributed by atoms with Crippen molar-refractivity contribution in [1.29, 1.82) is 0 Å². The van der Waals surface area contributed by atoms with Crippen LogP contribution < -0.4 is 0 Å². The molecule has 0 aliphatic carbocycles. The Hall–Kier alpha value is -0.900. The fourth-order valence-electron chi connectivity index (χ4n) is 1.78. The summed E-state index contributed by atoms with van der Waals surface area (Å²) < 4.78 is 14.4. The minimum absolute atomic E-state index is 0.147. The highest BCUT2D eigenvalue weighted by Gasteiger charge is 2.16. The number of aliphatic hydroxyl groups is 1. The number of hydrogen-bond acceptors (Lipinski definition) is 1. The Morgan fingerprint density at radius 1 is 1.17 bits per heavy atom. The summed E-state index contributed by atoms with van der Waals surface area (Å²) in [4.78, 5) is 0. The van der Waals surface area contributed by atoms with E-state index >= 15 is 0 Å². The molecule has 94 valence electrons. The van der Waals surface area contributed by atoms with Crippen LogP contribution in [0.1, 0.15) is 17.2 Å². The summed E-state index contributed by atoms with van der Waals surface area (Å²) in [5.74, 6) is -0.395. The van der Waals surface area contributed by atoms with Gasteiger partial charge in [-0.3, -0.25) is 0 Å². The van der Waals surface area contributed by atoms with Crippen molar-refractivity contribution < 1.29 is 9.50 Å². The van der Waals surface area contributed by atoms with Crippen molar-refractivity contribution in [3.8, 4) is 0 Å². The van der Waals surface area contributed by atoms with Crippen LogP contribution in [0, 0.1) is 5.82 Å². The summed E-state index contributed by atoms with van der Waals surface area (Å²) in [7, 11) is 0. The van der Waals surface area contributed by atoms with E-state index < -0.39 is 11.9 Å².